The summed E-state index contributed by atoms with van der Waals surface area (Å²) in [4.78, 5) is 11.4. The van der Waals surface area contributed by atoms with E-state index in [1.807, 2.05) is 79.8 Å². The number of ether oxygens (including phenoxy) is 2. The minimum atomic E-state index is 0.602. The zero-order valence-electron chi connectivity index (χ0n) is 16.6. The molecule has 2 aromatic carbocycles. The molecule has 0 fully saturated rings. The Bertz CT molecular complexity index is 969. The van der Waals surface area contributed by atoms with Gasteiger partial charge in [0.05, 0.1) is 31.8 Å². The van der Waals surface area contributed by atoms with Gasteiger partial charge in [0.1, 0.15) is 17.2 Å². The summed E-state index contributed by atoms with van der Waals surface area (Å²) in [5.74, 6) is 2.43. The van der Waals surface area contributed by atoms with Gasteiger partial charge < -0.3 is 19.7 Å². The van der Waals surface area contributed by atoms with Gasteiger partial charge in [-0.25, -0.2) is 9.98 Å². The van der Waals surface area contributed by atoms with E-state index < -0.39 is 0 Å². The fourth-order valence-corrected chi connectivity index (χ4v) is 3.35. The van der Waals surface area contributed by atoms with E-state index in [1.54, 1.807) is 6.20 Å². The van der Waals surface area contributed by atoms with Crippen LogP contribution in [0.4, 0.5) is 0 Å². The molecular formula is C23H24N4O2. The highest BCUT2D eigenvalue weighted by molar-refractivity contribution is 6.12. The number of aliphatic imine (C=N–C) groups is 2. The highest BCUT2D eigenvalue weighted by Crippen LogP contribution is 2.28. The molecule has 0 amide bonds. The lowest BCUT2D eigenvalue weighted by Crippen LogP contribution is -2.38. The molecule has 4 rings (SSSR count). The van der Waals surface area contributed by atoms with Crippen molar-refractivity contribution < 1.29 is 9.47 Å². The summed E-state index contributed by atoms with van der Waals surface area (Å²) in [6.07, 6.45) is 5.42. The highest BCUT2D eigenvalue weighted by Gasteiger charge is 2.25. The molecule has 0 aromatic heterocycles. The highest BCUT2D eigenvalue weighted by atomic mass is 16.5. The lowest BCUT2D eigenvalue weighted by atomic mass is 10.1. The van der Waals surface area contributed by atoms with Crippen molar-refractivity contribution in [2.75, 3.05) is 13.2 Å². The molecule has 0 aliphatic carbocycles. The van der Waals surface area contributed by atoms with Crippen molar-refractivity contribution in [1.82, 2.24) is 10.2 Å². The van der Waals surface area contributed by atoms with Crippen LogP contribution in [-0.4, -0.2) is 30.3 Å². The van der Waals surface area contributed by atoms with Gasteiger partial charge in [-0.2, -0.15) is 0 Å². The lowest BCUT2D eigenvalue weighted by Gasteiger charge is -2.29. The van der Waals surface area contributed by atoms with Gasteiger partial charge in [0.25, 0.3) is 0 Å². The third-order valence-corrected chi connectivity index (χ3v) is 4.52. The molecule has 2 aliphatic heterocycles. The number of hydrogen-bond acceptors (Lipinski definition) is 6. The molecule has 2 heterocycles. The van der Waals surface area contributed by atoms with Crippen LogP contribution in [0.2, 0.25) is 0 Å². The van der Waals surface area contributed by atoms with E-state index in [1.165, 1.54) is 0 Å². The second kappa shape index (κ2) is 8.65. The maximum absolute atomic E-state index is 5.71. The Morgan fingerprint density at radius 3 is 2.38 bits per heavy atom. The van der Waals surface area contributed by atoms with E-state index in [-0.39, 0.29) is 0 Å². The molecule has 0 spiro atoms. The Morgan fingerprint density at radius 2 is 1.69 bits per heavy atom. The minimum Gasteiger partial charge on any atom is -0.494 e. The Hall–Kier alpha value is -3.54. The zero-order valence-corrected chi connectivity index (χ0v) is 16.6. The van der Waals surface area contributed by atoms with Crippen molar-refractivity contribution in [3.8, 4) is 11.5 Å². The normalized spacial score (nSPS) is 15.0. The van der Waals surface area contributed by atoms with Gasteiger partial charge in [0.2, 0.25) is 0 Å². The van der Waals surface area contributed by atoms with Crippen LogP contribution in [0.3, 0.4) is 0 Å². The van der Waals surface area contributed by atoms with Crippen molar-refractivity contribution in [2.45, 2.75) is 20.4 Å². The van der Waals surface area contributed by atoms with Crippen molar-refractivity contribution in [3.63, 3.8) is 0 Å². The van der Waals surface area contributed by atoms with E-state index in [0.29, 0.717) is 19.8 Å². The second-order valence-corrected chi connectivity index (χ2v) is 6.55. The monoisotopic (exact) mass is 388 g/mol. The predicted octanol–water partition coefficient (Wildman–Crippen LogP) is 4.17. The number of nitrogens with one attached hydrogen (secondary N) is 1. The fourth-order valence-electron chi connectivity index (χ4n) is 3.35. The smallest absolute Gasteiger partial charge is 0.160 e. The average molecular weight is 388 g/mol. The first kappa shape index (κ1) is 18.8. The number of nitrogens with zero attached hydrogens (tertiary/aromatic N) is 3. The summed E-state index contributed by atoms with van der Waals surface area (Å²) < 4.78 is 11.4. The van der Waals surface area contributed by atoms with Gasteiger partial charge in [0.15, 0.2) is 5.84 Å². The SMILES string of the molecule is CCOc1cc(CN2C=NC(c3ccccc3)=C3NC=CN=C32)cc(OCC)c1. The van der Waals surface area contributed by atoms with Gasteiger partial charge in [-0.05, 0) is 31.5 Å². The molecule has 1 N–H and O–H groups in total. The summed E-state index contributed by atoms with van der Waals surface area (Å²) in [5.41, 5.74) is 3.88. The number of hydrogen-bond donors (Lipinski definition) is 1. The number of benzene rings is 2. The third kappa shape index (κ3) is 4.16. The van der Waals surface area contributed by atoms with Crippen LogP contribution >= 0.6 is 0 Å². The van der Waals surface area contributed by atoms with Crippen LogP contribution in [0, 0.1) is 0 Å². The Morgan fingerprint density at radius 1 is 0.966 bits per heavy atom. The molecule has 0 saturated heterocycles. The third-order valence-electron chi connectivity index (χ3n) is 4.52. The minimum absolute atomic E-state index is 0.602. The summed E-state index contributed by atoms with van der Waals surface area (Å²) in [6, 6.07) is 16.1. The fraction of sp³-hybridized carbons (Fsp3) is 0.217. The van der Waals surface area contributed by atoms with Crippen molar-refractivity contribution in [1.29, 1.82) is 0 Å². The number of amidine groups is 1. The Kier molecular flexibility index (Phi) is 5.61. The molecule has 148 valence electrons. The quantitative estimate of drug-likeness (QED) is 0.773. The molecule has 0 radical (unpaired) electrons. The maximum atomic E-state index is 5.71. The average Bonchev–Trinajstić information content (AvgIpc) is 2.75. The molecule has 0 unspecified atom stereocenters. The van der Waals surface area contributed by atoms with Crippen LogP contribution < -0.4 is 14.8 Å². The van der Waals surface area contributed by atoms with E-state index in [2.05, 4.69) is 10.3 Å². The Balaban J connectivity index is 1.64. The molecule has 6 nitrogen and oxygen atoms in total. The molecule has 0 atom stereocenters. The van der Waals surface area contributed by atoms with Crippen molar-refractivity contribution >= 4 is 17.9 Å². The molecular weight excluding hydrogens is 364 g/mol. The van der Waals surface area contributed by atoms with Crippen LogP contribution in [0.25, 0.3) is 5.70 Å². The summed E-state index contributed by atoms with van der Waals surface area (Å²) in [5, 5.41) is 3.31. The number of rotatable bonds is 7. The summed E-state index contributed by atoms with van der Waals surface area (Å²) in [7, 11) is 0. The molecule has 6 heteroatoms. The van der Waals surface area contributed by atoms with Gasteiger partial charge in [-0.15, -0.1) is 0 Å². The predicted molar refractivity (Wildman–Crippen MR) is 116 cm³/mol. The van der Waals surface area contributed by atoms with Gasteiger partial charge in [-0.3, -0.25) is 0 Å². The largest absolute Gasteiger partial charge is 0.494 e. The van der Waals surface area contributed by atoms with Crippen LogP contribution in [-0.2, 0) is 6.54 Å². The van der Waals surface area contributed by atoms with Gasteiger partial charge in [0, 0.05) is 24.0 Å². The van der Waals surface area contributed by atoms with E-state index in [0.717, 1.165) is 39.9 Å². The van der Waals surface area contributed by atoms with Crippen molar-refractivity contribution in [2.24, 2.45) is 9.98 Å². The van der Waals surface area contributed by atoms with Crippen LogP contribution in [0.5, 0.6) is 11.5 Å². The number of fused-ring (bicyclic) bond motifs is 1. The first-order valence-electron chi connectivity index (χ1n) is 9.78. The molecule has 0 saturated carbocycles. The molecule has 2 aromatic rings. The molecule has 2 aliphatic rings. The zero-order chi connectivity index (χ0) is 20.1. The topological polar surface area (TPSA) is 58.5 Å². The first-order chi connectivity index (χ1) is 14.3. The van der Waals surface area contributed by atoms with E-state index in [9.17, 15) is 0 Å². The van der Waals surface area contributed by atoms with Crippen molar-refractivity contribution in [3.05, 3.63) is 77.8 Å². The Labute approximate surface area is 170 Å². The molecule has 29 heavy (non-hydrogen) atoms. The standard InChI is InChI=1S/C23H24N4O2/c1-3-28-19-12-17(13-20(14-19)29-4-2)15-27-16-26-21(18-8-6-5-7-9-18)22-23(27)25-11-10-24-22/h5-14,16,24H,3-4,15H2,1-2H3. The van der Waals surface area contributed by atoms with E-state index in [4.69, 9.17) is 14.5 Å². The first-order valence-corrected chi connectivity index (χ1v) is 9.78. The molecule has 0 bridgehead atoms. The van der Waals surface area contributed by atoms with E-state index >= 15 is 0 Å². The van der Waals surface area contributed by atoms with Crippen LogP contribution in [0.1, 0.15) is 25.0 Å². The van der Waals surface area contributed by atoms with Crippen LogP contribution in [0.15, 0.2) is 76.6 Å². The van der Waals surface area contributed by atoms with Gasteiger partial charge in [-0.1, -0.05) is 30.3 Å². The lowest BCUT2D eigenvalue weighted by molar-refractivity contribution is 0.322. The summed E-state index contributed by atoms with van der Waals surface area (Å²) >= 11 is 0. The maximum Gasteiger partial charge on any atom is 0.160 e. The second-order valence-electron chi connectivity index (χ2n) is 6.55. The van der Waals surface area contributed by atoms with Gasteiger partial charge >= 0.3 is 0 Å². The summed E-state index contributed by atoms with van der Waals surface area (Å²) in [6.45, 7) is 5.76.